The number of carbonyl (C=O) groups excluding carboxylic acids is 1. The third kappa shape index (κ3) is 10.2. The molecule has 7 N–H and O–H groups in total. The van der Waals surface area contributed by atoms with Crippen LogP contribution < -0.4 is 27.4 Å². The highest BCUT2D eigenvalue weighted by atomic mass is 35.5. The van der Waals surface area contributed by atoms with Crippen LogP contribution in [-0.2, 0) is 4.79 Å². The van der Waals surface area contributed by atoms with Gasteiger partial charge in [0.1, 0.15) is 11.6 Å². The molecule has 0 aliphatic heterocycles. The van der Waals surface area contributed by atoms with E-state index in [0.29, 0.717) is 34.7 Å². The fourth-order valence-corrected chi connectivity index (χ4v) is 3.52. The lowest BCUT2D eigenvalue weighted by Gasteiger charge is -2.18. The Morgan fingerprint density at radius 1 is 1.26 bits per heavy atom. The molecular formula is C24H33ClFN7OS. The molecular weight excluding hydrogens is 489 g/mol. The molecule has 1 amide bonds. The second-order valence-corrected chi connectivity index (χ2v) is 9.38. The highest BCUT2D eigenvalue weighted by Gasteiger charge is 2.10. The van der Waals surface area contributed by atoms with Crippen LogP contribution in [0.2, 0.25) is 5.02 Å². The van der Waals surface area contributed by atoms with Crippen LogP contribution in [0.1, 0.15) is 19.4 Å². The number of carbonyl (C=O) groups is 1. The topological polar surface area (TPSA) is 121 Å². The van der Waals surface area contributed by atoms with Crippen molar-refractivity contribution in [3.8, 4) is 0 Å². The lowest BCUT2D eigenvalue weighted by atomic mass is 10.1. The van der Waals surface area contributed by atoms with Gasteiger partial charge in [-0.05, 0) is 43.3 Å². The van der Waals surface area contributed by atoms with Crippen LogP contribution >= 0.6 is 24.2 Å². The molecule has 0 spiro atoms. The van der Waals surface area contributed by atoms with Gasteiger partial charge in [0, 0.05) is 53.9 Å². The molecule has 35 heavy (non-hydrogen) atoms. The number of halogens is 2. The summed E-state index contributed by atoms with van der Waals surface area (Å²) in [6.45, 7) is 7.04. The van der Waals surface area contributed by atoms with Gasteiger partial charge in [0.05, 0.1) is 17.3 Å². The SMILES string of the molecule is CC(C)CN(C)CCNCC(=O)Nc1cc(NC(/C=C(\N)c2cc(Cl)ccc2F)=C(/N)S)ccn1. The summed E-state index contributed by atoms with van der Waals surface area (Å²) in [4.78, 5) is 18.7. The average Bonchev–Trinajstić information content (AvgIpc) is 2.77. The number of amides is 1. The van der Waals surface area contributed by atoms with E-state index in [1.165, 1.54) is 30.5 Å². The van der Waals surface area contributed by atoms with Crippen molar-refractivity contribution in [3.05, 3.63) is 69.7 Å². The van der Waals surface area contributed by atoms with Gasteiger partial charge in [-0.25, -0.2) is 9.37 Å². The Morgan fingerprint density at radius 2 is 2.00 bits per heavy atom. The van der Waals surface area contributed by atoms with Crippen molar-refractivity contribution in [3.63, 3.8) is 0 Å². The Bertz CT molecular complexity index is 1070. The van der Waals surface area contributed by atoms with Crippen LogP contribution in [0.3, 0.4) is 0 Å². The molecule has 0 aliphatic rings. The number of thiol groups is 1. The first-order valence-electron chi connectivity index (χ1n) is 11.1. The Hall–Kier alpha value is -2.79. The molecule has 0 radical (unpaired) electrons. The summed E-state index contributed by atoms with van der Waals surface area (Å²) in [7, 11) is 2.05. The number of likely N-dealkylation sites (N-methyl/N-ethyl adjacent to an activating group) is 1. The van der Waals surface area contributed by atoms with Crippen molar-refractivity contribution >= 4 is 47.3 Å². The van der Waals surface area contributed by atoms with Crippen molar-refractivity contribution in [1.82, 2.24) is 15.2 Å². The van der Waals surface area contributed by atoms with E-state index in [0.717, 1.165) is 13.1 Å². The molecule has 2 aromatic rings. The van der Waals surface area contributed by atoms with Gasteiger partial charge in [-0.1, -0.05) is 25.4 Å². The van der Waals surface area contributed by atoms with Crippen molar-refractivity contribution in [1.29, 1.82) is 0 Å². The molecule has 190 valence electrons. The maximum absolute atomic E-state index is 14.2. The van der Waals surface area contributed by atoms with E-state index in [1.807, 2.05) is 0 Å². The van der Waals surface area contributed by atoms with E-state index >= 15 is 0 Å². The Labute approximate surface area is 216 Å². The molecule has 0 fully saturated rings. The second kappa shape index (κ2) is 13.9. The summed E-state index contributed by atoms with van der Waals surface area (Å²) in [5.41, 5.74) is 13.1. The lowest BCUT2D eigenvalue weighted by Crippen LogP contribution is -2.35. The smallest absolute Gasteiger partial charge is 0.239 e. The Kier molecular flexibility index (Phi) is 11.3. The molecule has 11 heteroatoms. The zero-order chi connectivity index (χ0) is 26.0. The normalized spacial score (nSPS) is 12.6. The Balaban J connectivity index is 1.99. The van der Waals surface area contributed by atoms with Crippen LogP contribution in [0.5, 0.6) is 0 Å². The van der Waals surface area contributed by atoms with Gasteiger partial charge < -0.3 is 32.3 Å². The third-order valence-corrected chi connectivity index (χ3v) is 5.23. The van der Waals surface area contributed by atoms with E-state index in [9.17, 15) is 9.18 Å². The number of pyridine rings is 1. The number of anilines is 2. The molecule has 0 aliphatic carbocycles. The van der Waals surface area contributed by atoms with Crippen LogP contribution in [0.25, 0.3) is 5.70 Å². The molecule has 1 aromatic heterocycles. The zero-order valence-corrected chi connectivity index (χ0v) is 21.8. The standard InChI is InChI=1S/C24H33ClFN7OS/c1-15(2)14-33(3)9-8-29-13-23(34)32-22-11-17(6-7-30-22)31-21(24(28)35)12-20(27)18-10-16(25)4-5-19(18)26/h4-7,10-12,15,29,35H,8-9,13-14,27-28H2,1-3H3,(H2,30,31,32,34)/b20-12-,24-21-. The van der Waals surface area contributed by atoms with Gasteiger partial charge in [0.25, 0.3) is 0 Å². The van der Waals surface area contributed by atoms with Crippen molar-refractivity contribution in [2.24, 2.45) is 17.4 Å². The minimum atomic E-state index is -0.519. The van der Waals surface area contributed by atoms with Gasteiger partial charge in [0.15, 0.2) is 0 Å². The van der Waals surface area contributed by atoms with Crippen molar-refractivity contribution in [2.75, 3.05) is 43.9 Å². The summed E-state index contributed by atoms with van der Waals surface area (Å²) < 4.78 is 14.2. The predicted molar refractivity (Wildman–Crippen MR) is 145 cm³/mol. The summed E-state index contributed by atoms with van der Waals surface area (Å²) >= 11 is 10.2. The van der Waals surface area contributed by atoms with Crippen LogP contribution in [0, 0.1) is 11.7 Å². The maximum Gasteiger partial charge on any atom is 0.239 e. The molecule has 1 heterocycles. The summed E-state index contributed by atoms with van der Waals surface area (Å²) in [5, 5.41) is 9.41. The molecule has 8 nitrogen and oxygen atoms in total. The summed E-state index contributed by atoms with van der Waals surface area (Å²) in [5.74, 6) is 0.211. The minimum Gasteiger partial charge on any atom is -0.398 e. The van der Waals surface area contributed by atoms with Crippen LogP contribution in [-0.4, -0.2) is 49.0 Å². The van der Waals surface area contributed by atoms with Gasteiger partial charge >= 0.3 is 0 Å². The first-order valence-corrected chi connectivity index (χ1v) is 11.9. The number of allylic oxidation sites excluding steroid dienone is 1. The van der Waals surface area contributed by atoms with Crippen LogP contribution in [0.15, 0.2) is 53.3 Å². The number of benzene rings is 1. The number of nitrogens with two attached hydrogens (primary N) is 2. The van der Waals surface area contributed by atoms with E-state index in [4.69, 9.17) is 23.1 Å². The molecule has 1 aromatic carbocycles. The van der Waals surface area contributed by atoms with E-state index in [2.05, 4.69) is 59.4 Å². The highest BCUT2D eigenvalue weighted by molar-refractivity contribution is 7.84. The van der Waals surface area contributed by atoms with Crippen molar-refractivity contribution in [2.45, 2.75) is 13.8 Å². The molecule has 0 saturated carbocycles. The number of aromatic nitrogens is 1. The Morgan fingerprint density at radius 3 is 2.69 bits per heavy atom. The molecule has 0 bridgehead atoms. The molecule has 0 atom stereocenters. The zero-order valence-electron chi connectivity index (χ0n) is 20.1. The maximum atomic E-state index is 14.2. The molecule has 0 saturated heterocycles. The quantitative estimate of drug-likeness (QED) is 0.144. The van der Waals surface area contributed by atoms with Gasteiger partial charge in [-0.15, -0.1) is 12.6 Å². The molecule has 2 rings (SSSR count). The number of nitrogens with zero attached hydrogens (tertiary/aromatic N) is 2. The van der Waals surface area contributed by atoms with E-state index < -0.39 is 5.82 Å². The predicted octanol–water partition coefficient (Wildman–Crippen LogP) is 3.46. The number of hydrogen-bond acceptors (Lipinski definition) is 8. The largest absolute Gasteiger partial charge is 0.398 e. The van der Waals surface area contributed by atoms with Gasteiger partial charge in [0.2, 0.25) is 5.91 Å². The summed E-state index contributed by atoms with van der Waals surface area (Å²) in [6, 6.07) is 7.40. The number of hydrogen-bond donors (Lipinski definition) is 6. The molecule has 0 unspecified atom stereocenters. The van der Waals surface area contributed by atoms with E-state index in [-0.39, 0.29) is 28.7 Å². The first-order chi connectivity index (χ1) is 16.5. The lowest BCUT2D eigenvalue weighted by molar-refractivity contribution is -0.115. The fourth-order valence-electron chi connectivity index (χ4n) is 3.23. The monoisotopic (exact) mass is 521 g/mol. The fraction of sp³-hybridized carbons (Fsp3) is 0.333. The highest BCUT2D eigenvalue weighted by Crippen LogP contribution is 2.22. The number of nitrogens with one attached hydrogen (secondary N) is 3. The first kappa shape index (κ1) is 28.4. The number of rotatable bonds is 12. The summed E-state index contributed by atoms with van der Waals surface area (Å²) in [6.07, 6.45) is 2.98. The van der Waals surface area contributed by atoms with Gasteiger partial charge in [-0.2, -0.15) is 0 Å². The van der Waals surface area contributed by atoms with Crippen molar-refractivity contribution < 1.29 is 9.18 Å². The minimum absolute atomic E-state index is 0.109. The second-order valence-electron chi connectivity index (χ2n) is 8.46. The van der Waals surface area contributed by atoms with Gasteiger partial charge in [-0.3, -0.25) is 4.79 Å². The van der Waals surface area contributed by atoms with Crippen LogP contribution in [0.4, 0.5) is 15.9 Å². The third-order valence-electron chi connectivity index (χ3n) is 4.75. The van der Waals surface area contributed by atoms with E-state index in [1.54, 1.807) is 12.1 Å². The average molecular weight is 522 g/mol.